The number of nitrogens with zero attached hydrogens (tertiary/aromatic N) is 3. The van der Waals surface area contributed by atoms with Crippen LogP contribution >= 0.6 is 0 Å². The first-order chi connectivity index (χ1) is 9.43. The number of aryl methyl sites for hydroxylation is 1. The number of furan rings is 1. The van der Waals surface area contributed by atoms with Crippen molar-refractivity contribution in [1.29, 1.82) is 0 Å². The number of hydrogen-bond acceptors (Lipinski definition) is 3. The van der Waals surface area contributed by atoms with Crippen LogP contribution in [0, 0.1) is 0 Å². The van der Waals surface area contributed by atoms with Crippen LogP contribution in [0.5, 0.6) is 0 Å². The highest BCUT2D eigenvalue weighted by molar-refractivity contribution is 5.26. The summed E-state index contributed by atoms with van der Waals surface area (Å²) < 4.78 is 7.56. The van der Waals surface area contributed by atoms with Gasteiger partial charge < -0.3 is 8.98 Å². The lowest BCUT2D eigenvalue weighted by molar-refractivity contribution is 0.459. The minimum Gasteiger partial charge on any atom is -0.469 e. The van der Waals surface area contributed by atoms with Gasteiger partial charge in [0, 0.05) is 12.5 Å². The Kier molecular flexibility index (Phi) is 3.40. The number of benzene rings is 1. The molecule has 0 spiro atoms. The van der Waals surface area contributed by atoms with Gasteiger partial charge in [0.15, 0.2) is 0 Å². The Labute approximate surface area is 111 Å². The number of hydrogen-bond donors (Lipinski definition) is 0. The zero-order valence-corrected chi connectivity index (χ0v) is 10.5. The van der Waals surface area contributed by atoms with Gasteiger partial charge in [0.2, 0.25) is 0 Å². The van der Waals surface area contributed by atoms with Crippen molar-refractivity contribution < 1.29 is 4.42 Å². The van der Waals surface area contributed by atoms with E-state index >= 15 is 0 Å². The van der Waals surface area contributed by atoms with Crippen molar-refractivity contribution in [3.63, 3.8) is 0 Å². The molecule has 4 nitrogen and oxygen atoms in total. The Morgan fingerprint density at radius 3 is 2.47 bits per heavy atom. The Morgan fingerprint density at radius 2 is 1.79 bits per heavy atom. The molecule has 1 atom stereocenters. The predicted molar refractivity (Wildman–Crippen MR) is 71.6 cm³/mol. The fraction of sp³-hybridized carbons (Fsp3) is 0.200. The van der Waals surface area contributed by atoms with Crippen LogP contribution in [0.25, 0.3) is 0 Å². The van der Waals surface area contributed by atoms with Crippen LogP contribution in [0.1, 0.15) is 23.7 Å². The molecule has 2 heterocycles. The Morgan fingerprint density at radius 1 is 1.00 bits per heavy atom. The first-order valence-corrected chi connectivity index (χ1v) is 6.34. The van der Waals surface area contributed by atoms with Gasteiger partial charge in [-0.1, -0.05) is 30.3 Å². The summed E-state index contributed by atoms with van der Waals surface area (Å²) >= 11 is 0. The highest BCUT2D eigenvalue weighted by atomic mass is 16.3. The number of rotatable bonds is 5. The second kappa shape index (κ2) is 5.52. The standard InChI is InChI=1S/C15H15N3O/c1-2-5-13(6-3-1)14(15-7-4-10-19-15)8-9-18-11-16-17-12-18/h1-7,10-12,14H,8-9H2. The molecule has 19 heavy (non-hydrogen) atoms. The molecule has 1 unspecified atom stereocenters. The first kappa shape index (κ1) is 11.7. The van der Waals surface area contributed by atoms with Gasteiger partial charge in [0.1, 0.15) is 18.4 Å². The van der Waals surface area contributed by atoms with Crippen LogP contribution in [-0.4, -0.2) is 14.8 Å². The van der Waals surface area contributed by atoms with Gasteiger partial charge in [-0.2, -0.15) is 0 Å². The van der Waals surface area contributed by atoms with Crippen molar-refractivity contribution in [2.24, 2.45) is 0 Å². The molecule has 0 fully saturated rings. The molecule has 0 N–H and O–H groups in total. The molecule has 0 saturated carbocycles. The zero-order valence-electron chi connectivity index (χ0n) is 10.5. The van der Waals surface area contributed by atoms with Gasteiger partial charge in [-0.05, 0) is 24.1 Å². The minimum atomic E-state index is 0.263. The summed E-state index contributed by atoms with van der Waals surface area (Å²) in [5.41, 5.74) is 1.27. The third kappa shape index (κ3) is 2.73. The third-order valence-corrected chi connectivity index (χ3v) is 3.23. The molecule has 96 valence electrons. The Balaban J connectivity index is 1.81. The third-order valence-electron chi connectivity index (χ3n) is 3.23. The monoisotopic (exact) mass is 253 g/mol. The van der Waals surface area contributed by atoms with Gasteiger partial charge in [0.05, 0.1) is 6.26 Å². The van der Waals surface area contributed by atoms with E-state index in [0.717, 1.165) is 18.7 Å². The van der Waals surface area contributed by atoms with E-state index in [2.05, 4.69) is 34.5 Å². The summed E-state index contributed by atoms with van der Waals surface area (Å²) in [6, 6.07) is 14.4. The average molecular weight is 253 g/mol. The van der Waals surface area contributed by atoms with E-state index in [1.165, 1.54) is 5.56 Å². The summed E-state index contributed by atoms with van der Waals surface area (Å²) in [6.45, 7) is 0.868. The van der Waals surface area contributed by atoms with Crippen molar-refractivity contribution in [1.82, 2.24) is 14.8 Å². The van der Waals surface area contributed by atoms with Gasteiger partial charge >= 0.3 is 0 Å². The van der Waals surface area contributed by atoms with Crippen molar-refractivity contribution in [2.45, 2.75) is 18.9 Å². The minimum absolute atomic E-state index is 0.263. The number of aromatic nitrogens is 3. The van der Waals surface area contributed by atoms with E-state index in [9.17, 15) is 0 Å². The van der Waals surface area contributed by atoms with E-state index in [1.54, 1.807) is 18.9 Å². The van der Waals surface area contributed by atoms with Crippen LogP contribution in [0.4, 0.5) is 0 Å². The fourth-order valence-electron chi connectivity index (χ4n) is 2.26. The van der Waals surface area contributed by atoms with E-state index in [1.807, 2.05) is 22.8 Å². The van der Waals surface area contributed by atoms with Gasteiger partial charge in [-0.15, -0.1) is 10.2 Å². The SMILES string of the molecule is c1ccc(C(CCn2cnnc2)c2ccco2)cc1. The quantitative estimate of drug-likeness (QED) is 0.701. The molecule has 3 aromatic rings. The van der Waals surface area contributed by atoms with Crippen LogP contribution in [0.2, 0.25) is 0 Å². The van der Waals surface area contributed by atoms with E-state index < -0.39 is 0 Å². The highest BCUT2D eigenvalue weighted by Crippen LogP contribution is 2.28. The molecule has 0 aliphatic rings. The van der Waals surface area contributed by atoms with Crippen molar-refractivity contribution in [3.8, 4) is 0 Å². The molecule has 3 rings (SSSR count). The van der Waals surface area contributed by atoms with Gasteiger partial charge in [0.25, 0.3) is 0 Å². The maximum Gasteiger partial charge on any atom is 0.119 e. The fourth-order valence-corrected chi connectivity index (χ4v) is 2.26. The van der Waals surface area contributed by atoms with Crippen LogP contribution in [0.15, 0.2) is 65.8 Å². The Bertz CT molecular complexity index is 588. The lowest BCUT2D eigenvalue weighted by atomic mass is 9.93. The molecule has 4 heteroatoms. The molecule has 2 aromatic heterocycles. The van der Waals surface area contributed by atoms with Crippen LogP contribution in [-0.2, 0) is 6.54 Å². The van der Waals surface area contributed by atoms with Crippen molar-refractivity contribution >= 4 is 0 Å². The summed E-state index contributed by atoms with van der Waals surface area (Å²) in [6.07, 6.45) is 6.16. The largest absolute Gasteiger partial charge is 0.469 e. The second-order valence-electron chi connectivity index (χ2n) is 4.47. The average Bonchev–Trinajstić information content (AvgIpc) is 3.13. The smallest absolute Gasteiger partial charge is 0.119 e. The molecule has 0 aliphatic heterocycles. The maximum absolute atomic E-state index is 5.58. The Hall–Kier alpha value is -2.36. The summed E-state index contributed by atoms with van der Waals surface area (Å²) in [7, 11) is 0. The summed E-state index contributed by atoms with van der Waals surface area (Å²) in [5, 5.41) is 7.65. The summed E-state index contributed by atoms with van der Waals surface area (Å²) in [4.78, 5) is 0. The molecule has 0 bridgehead atoms. The topological polar surface area (TPSA) is 43.9 Å². The normalized spacial score (nSPS) is 12.4. The zero-order chi connectivity index (χ0) is 12.9. The second-order valence-corrected chi connectivity index (χ2v) is 4.47. The lowest BCUT2D eigenvalue weighted by Crippen LogP contribution is -2.05. The van der Waals surface area contributed by atoms with Crippen LogP contribution < -0.4 is 0 Å². The van der Waals surface area contributed by atoms with E-state index in [4.69, 9.17) is 4.42 Å². The van der Waals surface area contributed by atoms with Crippen molar-refractivity contribution in [2.75, 3.05) is 0 Å². The van der Waals surface area contributed by atoms with Crippen LogP contribution in [0.3, 0.4) is 0 Å². The molecule has 0 saturated heterocycles. The molecule has 0 aliphatic carbocycles. The van der Waals surface area contributed by atoms with Crippen molar-refractivity contribution in [3.05, 3.63) is 72.7 Å². The molecule has 0 amide bonds. The lowest BCUT2D eigenvalue weighted by Gasteiger charge is -2.15. The highest BCUT2D eigenvalue weighted by Gasteiger charge is 2.16. The first-order valence-electron chi connectivity index (χ1n) is 6.34. The molecule has 0 radical (unpaired) electrons. The predicted octanol–water partition coefficient (Wildman–Crippen LogP) is 3.09. The molecule has 1 aromatic carbocycles. The van der Waals surface area contributed by atoms with E-state index in [-0.39, 0.29) is 5.92 Å². The van der Waals surface area contributed by atoms with Gasteiger partial charge in [-0.25, -0.2) is 0 Å². The van der Waals surface area contributed by atoms with E-state index in [0.29, 0.717) is 0 Å². The maximum atomic E-state index is 5.58. The molecular formula is C15H15N3O. The molecular weight excluding hydrogens is 238 g/mol. The summed E-state index contributed by atoms with van der Waals surface area (Å²) in [5.74, 6) is 1.26. The van der Waals surface area contributed by atoms with Gasteiger partial charge in [-0.3, -0.25) is 0 Å².